The predicted molar refractivity (Wildman–Crippen MR) is 64.1 cm³/mol. The lowest BCUT2D eigenvalue weighted by Gasteiger charge is -2.16. The lowest BCUT2D eigenvalue weighted by atomic mass is 10.2. The van der Waals surface area contributed by atoms with Gasteiger partial charge in [0.25, 0.3) is 0 Å². The molecule has 3 atom stereocenters. The van der Waals surface area contributed by atoms with Crippen molar-refractivity contribution in [1.29, 1.82) is 0 Å². The van der Waals surface area contributed by atoms with Crippen LogP contribution in [0.4, 0.5) is 5.82 Å². The molecule has 18 heavy (non-hydrogen) atoms. The summed E-state index contributed by atoms with van der Waals surface area (Å²) in [5, 5.41) is 0. The van der Waals surface area contributed by atoms with Crippen molar-refractivity contribution in [2.45, 2.75) is 24.9 Å². The minimum absolute atomic E-state index is 0.0978. The molecule has 0 unspecified atom stereocenters. The first-order valence-corrected chi connectivity index (χ1v) is 5.67. The van der Waals surface area contributed by atoms with Crippen molar-refractivity contribution < 1.29 is 14.2 Å². The molecular formula is C11H17N3O4. The molecule has 2 N–H and O–H groups in total. The monoisotopic (exact) mass is 255 g/mol. The maximum Gasteiger partial charge on any atom is 0.351 e. The third-order valence-corrected chi connectivity index (χ3v) is 2.98. The molecule has 1 fully saturated rings. The van der Waals surface area contributed by atoms with E-state index in [0.29, 0.717) is 13.0 Å². The SMILES string of the molecule is COC[C@H]1O[C@H](n2ccc(N)nc2=O)C[C@@H]1OC. The Balaban J connectivity index is 2.18. The number of hydrogen-bond acceptors (Lipinski definition) is 6. The summed E-state index contributed by atoms with van der Waals surface area (Å²) in [6.45, 7) is 0.423. The summed E-state index contributed by atoms with van der Waals surface area (Å²) < 4.78 is 17.5. The Bertz CT molecular complexity index is 462. The zero-order chi connectivity index (χ0) is 13.1. The molecule has 0 saturated carbocycles. The average Bonchev–Trinajstić information content (AvgIpc) is 2.72. The predicted octanol–water partition coefficient (Wildman–Crippen LogP) is -0.226. The lowest BCUT2D eigenvalue weighted by Crippen LogP contribution is -2.28. The van der Waals surface area contributed by atoms with E-state index in [1.165, 1.54) is 4.57 Å². The van der Waals surface area contributed by atoms with Gasteiger partial charge in [0.05, 0.1) is 12.7 Å². The van der Waals surface area contributed by atoms with Crippen molar-refractivity contribution in [3.05, 3.63) is 22.7 Å². The van der Waals surface area contributed by atoms with Crippen LogP contribution in [0.15, 0.2) is 17.1 Å². The number of hydrogen-bond donors (Lipinski definition) is 1. The van der Waals surface area contributed by atoms with Crippen LogP contribution in [0.5, 0.6) is 0 Å². The Hall–Kier alpha value is -1.44. The molecule has 0 aromatic carbocycles. The fourth-order valence-electron chi connectivity index (χ4n) is 2.08. The van der Waals surface area contributed by atoms with Crippen LogP contribution in [0, 0.1) is 0 Å². The van der Waals surface area contributed by atoms with E-state index in [2.05, 4.69) is 4.98 Å². The van der Waals surface area contributed by atoms with Gasteiger partial charge in [0.2, 0.25) is 0 Å². The molecule has 2 rings (SSSR count). The maximum atomic E-state index is 11.7. The fraction of sp³-hybridized carbons (Fsp3) is 0.636. The van der Waals surface area contributed by atoms with Crippen molar-refractivity contribution in [1.82, 2.24) is 9.55 Å². The van der Waals surface area contributed by atoms with E-state index < -0.39 is 11.9 Å². The van der Waals surface area contributed by atoms with Crippen LogP contribution in [-0.2, 0) is 14.2 Å². The largest absolute Gasteiger partial charge is 0.383 e. The van der Waals surface area contributed by atoms with E-state index in [1.807, 2.05) is 0 Å². The summed E-state index contributed by atoms with van der Waals surface area (Å²) in [7, 11) is 3.21. The van der Waals surface area contributed by atoms with Gasteiger partial charge in [0.15, 0.2) is 0 Å². The van der Waals surface area contributed by atoms with Gasteiger partial charge in [-0.05, 0) is 6.07 Å². The van der Waals surface area contributed by atoms with Gasteiger partial charge in [-0.15, -0.1) is 0 Å². The Kier molecular flexibility index (Phi) is 3.95. The van der Waals surface area contributed by atoms with Crippen LogP contribution in [0.1, 0.15) is 12.6 Å². The quantitative estimate of drug-likeness (QED) is 0.799. The van der Waals surface area contributed by atoms with Gasteiger partial charge in [-0.25, -0.2) is 4.79 Å². The van der Waals surface area contributed by atoms with E-state index in [1.54, 1.807) is 26.5 Å². The molecule has 0 radical (unpaired) electrons. The van der Waals surface area contributed by atoms with Crippen LogP contribution in [0.2, 0.25) is 0 Å². The molecule has 1 aliphatic rings. The molecule has 1 aromatic rings. The molecule has 0 amide bonds. The second kappa shape index (κ2) is 5.47. The number of ether oxygens (including phenoxy) is 3. The van der Waals surface area contributed by atoms with Gasteiger partial charge in [-0.2, -0.15) is 4.98 Å². The van der Waals surface area contributed by atoms with Gasteiger partial charge in [-0.1, -0.05) is 0 Å². The molecular weight excluding hydrogens is 238 g/mol. The van der Waals surface area contributed by atoms with Crippen LogP contribution in [0.25, 0.3) is 0 Å². The highest BCUT2D eigenvalue weighted by atomic mass is 16.6. The molecule has 0 spiro atoms. The van der Waals surface area contributed by atoms with Crippen LogP contribution in [0.3, 0.4) is 0 Å². The molecule has 2 heterocycles. The molecule has 1 aromatic heterocycles. The summed E-state index contributed by atoms with van der Waals surface area (Å²) >= 11 is 0. The topological polar surface area (TPSA) is 88.6 Å². The first-order chi connectivity index (χ1) is 8.65. The molecule has 100 valence electrons. The number of rotatable bonds is 4. The normalized spacial score (nSPS) is 27.6. The van der Waals surface area contributed by atoms with Gasteiger partial charge in [0.1, 0.15) is 18.1 Å². The summed E-state index contributed by atoms with van der Waals surface area (Å²) in [5.41, 5.74) is 5.02. The van der Waals surface area contributed by atoms with E-state index >= 15 is 0 Å². The molecule has 1 saturated heterocycles. The first-order valence-electron chi connectivity index (χ1n) is 5.67. The molecule has 1 aliphatic heterocycles. The number of nitrogens with two attached hydrogens (primary N) is 1. The van der Waals surface area contributed by atoms with Gasteiger partial charge >= 0.3 is 5.69 Å². The molecule has 0 aliphatic carbocycles. The molecule has 0 bridgehead atoms. The van der Waals surface area contributed by atoms with Crippen molar-refractivity contribution in [3.8, 4) is 0 Å². The second-order valence-electron chi connectivity index (χ2n) is 4.14. The zero-order valence-electron chi connectivity index (χ0n) is 10.4. The van der Waals surface area contributed by atoms with Crippen molar-refractivity contribution in [2.75, 3.05) is 26.6 Å². The highest BCUT2D eigenvalue weighted by Gasteiger charge is 2.36. The second-order valence-corrected chi connectivity index (χ2v) is 4.14. The molecule has 7 heteroatoms. The van der Waals surface area contributed by atoms with Gasteiger partial charge in [0, 0.05) is 26.8 Å². The molecule has 7 nitrogen and oxygen atoms in total. The summed E-state index contributed by atoms with van der Waals surface area (Å²) in [6, 6.07) is 1.57. The van der Waals surface area contributed by atoms with E-state index in [9.17, 15) is 4.79 Å². The van der Waals surface area contributed by atoms with E-state index in [0.717, 1.165) is 0 Å². The highest BCUT2D eigenvalue weighted by molar-refractivity contribution is 5.23. The smallest absolute Gasteiger partial charge is 0.351 e. The number of nitrogen functional groups attached to an aromatic ring is 1. The standard InChI is InChI=1S/C11H17N3O4/c1-16-6-8-7(17-2)5-10(18-8)14-4-3-9(12)13-11(14)15/h3-4,7-8,10H,5-6H2,1-2H3,(H2,12,13,15)/t7-,8+,10-/m0/s1. The number of nitrogens with zero attached hydrogens (tertiary/aromatic N) is 2. The van der Waals surface area contributed by atoms with Gasteiger partial charge in [-0.3, -0.25) is 4.57 Å². The fourth-order valence-corrected chi connectivity index (χ4v) is 2.08. The van der Waals surface area contributed by atoms with E-state index in [-0.39, 0.29) is 18.0 Å². The number of methoxy groups -OCH3 is 2. The lowest BCUT2D eigenvalue weighted by molar-refractivity contribution is -0.0617. The number of aromatic nitrogens is 2. The van der Waals surface area contributed by atoms with E-state index in [4.69, 9.17) is 19.9 Å². The Morgan fingerprint density at radius 3 is 3.00 bits per heavy atom. The maximum absolute atomic E-state index is 11.7. The summed E-state index contributed by atoms with van der Waals surface area (Å²) in [6.07, 6.45) is 1.48. The highest BCUT2D eigenvalue weighted by Crippen LogP contribution is 2.29. The van der Waals surface area contributed by atoms with Crippen molar-refractivity contribution >= 4 is 5.82 Å². The van der Waals surface area contributed by atoms with Crippen LogP contribution in [-0.4, -0.2) is 42.6 Å². The van der Waals surface area contributed by atoms with Crippen LogP contribution >= 0.6 is 0 Å². The van der Waals surface area contributed by atoms with Crippen molar-refractivity contribution in [2.24, 2.45) is 0 Å². The minimum Gasteiger partial charge on any atom is -0.383 e. The minimum atomic E-state index is -0.423. The Morgan fingerprint density at radius 2 is 2.39 bits per heavy atom. The van der Waals surface area contributed by atoms with Crippen LogP contribution < -0.4 is 11.4 Å². The zero-order valence-corrected chi connectivity index (χ0v) is 10.4. The third kappa shape index (κ3) is 2.53. The summed E-state index contributed by atoms with van der Waals surface area (Å²) in [5.74, 6) is 0.200. The summed E-state index contributed by atoms with van der Waals surface area (Å²) in [4.78, 5) is 15.4. The average molecular weight is 255 g/mol. The van der Waals surface area contributed by atoms with Gasteiger partial charge < -0.3 is 19.9 Å². The Morgan fingerprint density at radius 1 is 1.61 bits per heavy atom. The Labute approximate surface area is 104 Å². The van der Waals surface area contributed by atoms with Crippen molar-refractivity contribution in [3.63, 3.8) is 0 Å². The number of anilines is 1. The third-order valence-electron chi connectivity index (χ3n) is 2.98. The first kappa shape index (κ1) is 13.0.